The molecule has 3 aromatic rings. The van der Waals surface area contributed by atoms with Gasteiger partial charge in [0.2, 0.25) is 0 Å². The number of aromatic nitrogens is 2. The third-order valence-corrected chi connectivity index (χ3v) is 4.82. The first-order chi connectivity index (χ1) is 13.7. The summed E-state index contributed by atoms with van der Waals surface area (Å²) in [6.07, 6.45) is 1.85. The van der Waals surface area contributed by atoms with Crippen LogP contribution in [0.4, 0.5) is 5.82 Å². The Kier molecular flexibility index (Phi) is 6.31. The van der Waals surface area contributed by atoms with Gasteiger partial charge in [-0.25, -0.2) is 4.98 Å². The Bertz CT molecular complexity index is 1010. The van der Waals surface area contributed by atoms with Gasteiger partial charge in [0.05, 0.1) is 7.11 Å². The molecule has 0 radical (unpaired) electrons. The number of rotatable bonds is 3. The molecular formula is C22H28N4O2. The summed E-state index contributed by atoms with van der Waals surface area (Å²) in [7, 11) is 1.67. The minimum absolute atomic E-state index is 0.0596. The number of nitrogens with zero attached hydrogens (tertiary/aromatic N) is 3. The molecule has 0 aliphatic carbocycles. The van der Waals surface area contributed by atoms with Gasteiger partial charge in [0.15, 0.2) is 0 Å². The first-order valence-electron chi connectivity index (χ1n) is 9.80. The van der Waals surface area contributed by atoms with E-state index >= 15 is 0 Å². The molecule has 0 unspecified atom stereocenters. The van der Waals surface area contributed by atoms with Crippen molar-refractivity contribution in [3.63, 3.8) is 0 Å². The van der Waals surface area contributed by atoms with Gasteiger partial charge < -0.3 is 15.0 Å². The lowest BCUT2D eigenvalue weighted by Gasteiger charge is -2.28. The molecule has 6 nitrogen and oxygen atoms in total. The smallest absolute Gasteiger partial charge is 0.259 e. The largest absolute Gasteiger partial charge is 0.496 e. The number of anilines is 1. The van der Waals surface area contributed by atoms with Crippen LogP contribution in [0.15, 0.2) is 47.4 Å². The van der Waals surface area contributed by atoms with Crippen molar-refractivity contribution in [1.29, 1.82) is 0 Å². The Morgan fingerprint density at radius 2 is 1.75 bits per heavy atom. The van der Waals surface area contributed by atoms with Gasteiger partial charge in [-0.15, -0.1) is 0 Å². The van der Waals surface area contributed by atoms with Gasteiger partial charge in [-0.2, -0.15) is 0 Å². The van der Waals surface area contributed by atoms with Crippen molar-refractivity contribution in [2.24, 2.45) is 0 Å². The van der Waals surface area contributed by atoms with Crippen molar-refractivity contribution >= 4 is 11.5 Å². The Morgan fingerprint density at radius 1 is 1.04 bits per heavy atom. The van der Waals surface area contributed by atoms with Crippen molar-refractivity contribution in [3.05, 3.63) is 58.5 Å². The minimum Gasteiger partial charge on any atom is -0.496 e. The van der Waals surface area contributed by atoms with Gasteiger partial charge in [0, 0.05) is 38.4 Å². The Labute approximate surface area is 165 Å². The van der Waals surface area contributed by atoms with E-state index < -0.39 is 0 Å². The van der Waals surface area contributed by atoms with Crippen molar-refractivity contribution in [2.45, 2.75) is 20.8 Å². The number of piperazine rings is 1. The number of pyridine rings is 1. The molecule has 1 aliphatic heterocycles. The first kappa shape index (κ1) is 19.9. The molecule has 2 aromatic heterocycles. The van der Waals surface area contributed by atoms with Crippen LogP contribution in [0.5, 0.6) is 5.75 Å². The van der Waals surface area contributed by atoms with E-state index in [9.17, 15) is 4.79 Å². The maximum absolute atomic E-state index is 12.7. The fourth-order valence-electron chi connectivity index (χ4n) is 3.37. The van der Waals surface area contributed by atoms with E-state index in [1.54, 1.807) is 17.6 Å². The Hall–Kier alpha value is -2.86. The molecule has 1 aliphatic rings. The molecule has 0 atom stereocenters. The predicted molar refractivity (Wildman–Crippen MR) is 115 cm³/mol. The molecule has 0 bridgehead atoms. The van der Waals surface area contributed by atoms with Crippen molar-refractivity contribution in [3.8, 4) is 16.9 Å². The molecule has 1 aromatic carbocycles. The van der Waals surface area contributed by atoms with Crippen LogP contribution < -0.4 is 20.5 Å². The molecule has 0 amide bonds. The van der Waals surface area contributed by atoms with E-state index in [1.807, 2.05) is 51.2 Å². The van der Waals surface area contributed by atoms with Gasteiger partial charge in [-0.1, -0.05) is 19.9 Å². The van der Waals surface area contributed by atoms with E-state index in [0.29, 0.717) is 5.65 Å². The molecule has 1 fully saturated rings. The number of hydrogen-bond donors (Lipinski definition) is 1. The highest BCUT2D eigenvalue weighted by Crippen LogP contribution is 2.26. The van der Waals surface area contributed by atoms with Crippen molar-refractivity contribution < 1.29 is 4.74 Å². The summed E-state index contributed by atoms with van der Waals surface area (Å²) in [5, 5.41) is 3.31. The van der Waals surface area contributed by atoms with E-state index in [1.165, 1.54) is 0 Å². The fraction of sp³-hybridized carbons (Fsp3) is 0.364. The molecule has 1 N–H and O–H groups in total. The maximum atomic E-state index is 12.7. The van der Waals surface area contributed by atoms with Crippen molar-refractivity contribution in [1.82, 2.24) is 14.7 Å². The zero-order chi connectivity index (χ0) is 20.1. The number of hydrogen-bond acceptors (Lipinski definition) is 5. The highest BCUT2D eigenvalue weighted by Gasteiger charge is 2.14. The number of nitrogens with one attached hydrogen (secondary N) is 1. The number of ether oxygens (including phenoxy) is 1. The zero-order valence-corrected chi connectivity index (χ0v) is 17.0. The third-order valence-electron chi connectivity index (χ3n) is 4.82. The standard InChI is InChI=1S/C20H22N4O2.C2H6/c1-14-11-15(3-5-17(14)26-2)16-4-6-18-22-19(12-20(25)24(18)13-16)23-9-7-21-8-10-23;1-2/h3-6,11-13,21H,7-10H2,1-2H3;1-2H3. The molecule has 6 heteroatoms. The van der Waals surface area contributed by atoms with Crippen LogP contribution in [0.2, 0.25) is 0 Å². The molecule has 0 spiro atoms. The predicted octanol–water partition coefficient (Wildman–Crippen LogP) is 3.11. The van der Waals surface area contributed by atoms with Crippen LogP contribution in [-0.2, 0) is 0 Å². The molecule has 1 saturated heterocycles. The summed E-state index contributed by atoms with van der Waals surface area (Å²) in [5.74, 6) is 1.61. The SMILES string of the molecule is CC.COc1ccc(-c2ccc3nc(N4CCNCC4)cc(=O)n3c2)cc1C. The molecule has 0 saturated carbocycles. The van der Waals surface area contributed by atoms with Crippen LogP contribution in [0.1, 0.15) is 19.4 Å². The summed E-state index contributed by atoms with van der Waals surface area (Å²) in [6, 6.07) is 11.5. The lowest BCUT2D eigenvalue weighted by molar-refractivity contribution is 0.412. The second-order valence-electron chi connectivity index (χ2n) is 6.52. The zero-order valence-electron chi connectivity index (χ0n) is 17.0. The molecule has 4 rings (SSSR count). The van der Waals surface area contributed by atoms with Gasteiger partial charge in [0.25, 0.3) is 5.56 Å². The summed E-state index contributed by atoms with van der Waals surface area (Å²) >= 11 is 0. The maximum Gasteiger partial charge on any atom is 0.259 e. The quantitative estimate of drug-likeness (QED) is 0.757. The van der Waals surface area contributed by atoms with E-state index in [0.717, 1.165) is 54.4 Å². The van der Waals surface area contributed by atoms with Crippen LogP contribution in [-0.4, -0.2) is 42.7 Å². The van der Waals surface area contributed by atoms with E-state index in [-0.39, 0.29) is 5.56 Å². The summed E-state index contributed by atoms with van der Waals surface area (Å²) in [4.78, 5) is 19.5. The van der Waals surface area contributed by atoms with Gasteiger partial charge in [-0.3, -0.25) is 9.20 Å². The highest BCUT2D eigenvalue weighted by atomic mass is 16.5. The summed E-state index contributed by atoms with van der Waals surface area (Å²) in [6.45, 7) is 9.57. The Balaban J connectivity index is 0.00000109. The van der Waals surface area contributed by atoms with Crippen LogP contribution in [0.25, 0.3) is 16.8 Å². The van der Waals surface area contributed by atoms with Gasteiger partial charge in [-0.05, 0) is 47.9 Å². The number of fused-ring (bicyclic) bond motifs is 1. The number of aryl methyl sites for hydroxylation is 1. The van der Waals surface area contributed by atoms with E-state index in [2.05, 4.69) is 21.3 Å². The number of benzene rings is 1. The summed E-state index contributed by atoms with van der Waals surface area (Å²) < 4.78 is 6.93. The van der Waals surface area contributed by atoms with Crippen LogP contribution >= 0.6 is 0 Å². The summed E-state index contributed by atoms with van der Waals surface area (Å²) in [5.41, 5.74) is 3.69. The van der Waals surface area contributed by atoms with E-state index in [4.69, 9.17) is 4.74 Å². The first-order valence-corrected chi connectivity index (χ1v) is 9.80. The third kappa shape index (κ3) is 4.02. The van der Waals surface area contributed by atoms with Crippen LogP contribution in [0.3, 0.4) is 0 Å². The molecule has 28 heavy (non-hydrogen) atoms. The minimum atomic E-state index is -0.0596. The average Bonchev–Trinajstić information content (AvgIpc) is 2.75. The molecule has 148 valence electrons. The van der Waals surface area contributed by atoms with Gasteiger partial charge >= 0.3 is 0 Å². The molecular weight excluding hydrogens is 352 g/mol. The topological polar surface area (TPSA) is 58.9 Å². The second kappa shape index (κ2) is 8.89. The molecule has 3 heterocycles. The lowest BCUT2D eigenvalue weighted by atomic mass is 10.0. The average molecular weight is 380 g/mol. The van der Waals surface area contributed by atoms with Crippen LogP contribution in [0, 0.1) is 6.92 Å². The normalized spacial score (nSPS) is 13.8. The number of methoxy groups -OCH3 is 1. The Morgan fingerprint density at radius 3 is 2.43 bits per heavy atom. The van der Waals surface area contributed by atoms with Gasteiger partial charge in [0.1, 0.15) is 17.2 Å². The monoisotopic (exact) mass is 380 g/mol. The highest BCUT2D eigenvalue weighted by molar-refractivity contribution is 5.67. The second-order valence-corrected chi connectivity index (χ2v) is 6.52. The fourth-order valence-corrected chi connectivity index (χ4v) is 3.37. The van der Waals surface area contributed by atoms with Crippen molar-refractivity contribution in [2.75, 3.05) is 38.2 Å². The lowest BCUT2D eigenvalue weighted by Crippen LogP contribution is -2.44.